The van der Waals surface area contributed by atoms with Crippen molar-refractivity contribution in [3.63, 3.8) is 0 Å². The van der Waals surface area contributed by atoms with Gasteiger partial charge in [0.15, 0.2) is 5.11 Å². The predicted octanol–water partition coefficient (Wildman–Crippen LogP) is 5.34. The fourth-order valence-electron chi connectivity index (χ4n) is 2.22. The maximum atomic E-state index is 5.81. The number of rotatable bonds is 4. The summed E-state index contributed by atoms with van der Waals surface area (Å²) in [6.07, 6.45) is 1.59. The first-order valence-electron chi connectivity index (χ1n) is 7.63. The molecule has 3 rings (SSSR count). The normalized spacial score (nSPS) is 10.8. The molecular weight excluding hydrogens is 398 g/mol. The van der Waals surface area contributed by atoms with E-state index in [0.717, 1.165) is 21.5 Å². The summed E-state index contributed by atoms with van der Waals surface area (Å²) in [6, 6.07) is 19.6. The van der Waals surface area contributed by atoms with Crippen LogP contribution in [0.5, 0.6) is 0 Å². The lowest BCUT2D eigenvalue weighted by molar-refractivity contribution is 0.574. The molecule has 0 radical (unpaired) electrons. The lowest BCUT2D eigenvalue weighted by Crippen LogP contribution is -2.23. The summed E-state index contributed by atoms with van der Waals surface area (Å²) in [7, 11) is 0. The van der Waals surface area contributed by atoms with Gasteiger partial charge in [-0.2, -0.15) is 5.10 Å². The average Bonchev–Trinajstić information content (AvgIpc) is 3.04. The Morgan fingerprint density at radius 3 is 2.68 bits per heavy atom. The third kappa shape index (κ3) is 4.78. The molecule has 0 saturated heterocycles. The largest absolute Gasteiger partial charge is 0.455 e. The number of aryl methyl sites for hydroxylation is 1. The van der Waals surface area contributed by atoms with Crippen LogP contribution in [0.25, 0.3) is 11.3 Å². The first-order chi connectivity index (χ1) is 12.1. The summed E-state index contributed by atoms with van der Waals surface area (Å²) < 4.78 is 6.80. The molecule has 0 atom stereocenters. The van der Waals surface area contributed by atoms with Crippen LogP contribution in [0, 0.1) is 6.92 Å². The number of para-hydroxylation sites is 1. The van der Waals surface area contributed by atoms with Crippen LogP contribution in [0.2, 0.25) is 0 Å². The number of hydrogen-bond donors (Lipinski definition) is 2. The van der Waals surface area contributed by atoms with Gasteiger partial charge in [-0.3, -0.25) is 5.43 Å². The third-order valence-corrected chi connectivity index (χ3v) is 4.26. The quantitative estimate of drug-likeness (QED) is 0.344. The Labute approximate surface area is 160 Å². The molecule has 4 nitrogen and oxygen atoms in total. The Morgan fingerprint density at radius 1 is 1.12 bits per heavy atom. The van der Waals surface area contributed by atoms with Crippen LogP contribution in [-0.2, 0) is 0 Å². The van der Waals surface area contributed by atoms with Crippen LogP contribution in [0.3, 0.4) is 0 Å². The van der Waals surface area contributed by atoms with Gasteiger partial charge in [-0.05, 0) is 61.1 Å². The van der Waals surface area contributed by atoms with E-state index in [0.29, 0.717) is 10.9 Å². The SMILES string of the molecule is Cc1ccc(-c2ccc(/C=N/NC(=S)Nc3ccccc3)o2)c(Br)c1. The Balaban J connectivity index is 1.61. The Kier molecular flexibility index (Phi) is 5.63. The summed E-state index contributed by atoms with van der Waals surface area (Å²) >= 11 is 8.75. The zero-order chi connectivity index (χ0) is 17.6. The molecule has 1 heterocycles. The molecule has 6 heteroatoms. The van der Waals surface area contributed by atoms with E-state index in [1.165, 1.54) is 5.56 Å². The van der Waals surface area contributed by atoms with E-state index in [1.54, 1.807) is 6.21 Å². The Bertz CT molecular complexity index is 906. The smallest absolute Gasteiger partial charge is 0.191 e. The van der Waals surface area contributed by atoms with Gasteiger partial charge in [-0.1, -0.05) is 40.2 Å². The predicted molar refractivity (Wildman–Crippen MR) is 110 cm³/mol. The summed E-state index contributed by atoms with van der Waals surface area (Å²) in [5, 5.41) is 7.55. The van der Waals surface area contributed by atoms with E-state index in [1.807, 2.05) is 61.5 Å². The van der Waals surface area contributed by atoms with Crippen molar-refractivity contribution in [1.82, 2.24) is 5.43 Å². The van der Waals surface area contributed by atoms with Gasteiger partial charge < -0.3 is 9.73 Å². The second kappa shape index (κ2) is 8.09. The van der Waals surface area contributed by atoms with E-state index < -0.39 is 0 Å². The second-order valence-corrected chi connectivity index (χ2v) is 6.64. The molecule has 0 saturated carbocycles. The molecule has 0 amide bonds. The van der Waals surface area contributed by atoms with Gasteiger partial charge in [0.2, 0.25) is 0 Å². The highest BCUT2D eigenvalue weighted by Crippen LogP contribution is 2.30. The lowest BCUT2D eigenvalue weighted by Gasteiger charge is -2.05. The molecule has 0 unspecified atom stereocenters. The molecule has 3 aromatic rings. The van der Waals surface area contributed by atoms with Crippen LogP contribution in [0.1, 0.15) is 11.3 Å². The molecule has 25 heavy (non-hydrogen) atoms. The van der Waals surface area contributed by atoms with Crippen LogP contribution < -0.4 is 10.7 Å². The van der Waals surface area contributed by atoms with Crippen molar-refractivity contribution in [3.8, 4) is 11.3 Å². The Morgan fingerprint density at radius 2 is 1.92 bits per heavy atom. The standard InChI is InChI=1S/C19H16BrN3OS/c1-13-7-9-16(17(20)11-13)18-10-8-15(24-18)12-21-23-19(25)22-14-5-3-2-4-6-14/h2-12H,1H3,(H2,22,23,25)/b21-12+. The summed E-state index contributed by atoms with van der Waals surface area (Å²) in [5.74, 6) is 1.41. The number of benzene rings is 2. The molecule has 0 spiro atoms. The lowest BCUT2D eigenvalue weighted by atomic mass is 10.1. The van der Waals surface area contributed by atoms with Crippen LogP contribution in [-0.4, -0.2) is 11.3 Å². The highest BCUT2D eigenvalue weighted by atomic mass is 79.9. The fraction of sp³-hybridized carbons (Fsp3) is 0.0526. The minimum absolute atomic E-state index is 0.413. The second-order valence-electron chi connectivity index (χ2n) is 5.38. The van der Waals surface area contributed by atoms with Gasteiger partial charge in [0, 0.05) is 15.7 Å². The fourth-order valence-corrected chi connectivity index (χ4v) is 3.08. The molecule has 0 aliphatic carbocycles. The average molecular weight is 414 g/mol. The maximum Gasteiger partial charge on any atom is 0.191 e. The van der Waals surface area contributed by atoms with Gasteiger partial charge in [0.1, 0.15) is 11.5 Å². The number of nitrogens with one attached hydrogen (secondary N) is 2. The third-order valence-electron chi connectivity index (χ3n) is 3.41. The Hall–Kier alpha value is -2.44. The van der Waals surface area contributed by atoms with Crippen LogP contribution in [0.15, 0.2) is 74.7 Å². The molecule has 2 aromatic carbocycles. The summed E-state index contributed by atoms with van der Waals surface area (Å²) in [4.78, 5) is 0. The molecule has 2 N–H and O–H groups in total. The van der Waals surface area contributed by atoms with Crippen LogP contribution in [0.4, 0.5) is 5.69 Å². The molecule has 0 aliphatic heterocycles. The molecule has 1 aromatic heterocycles. The van der Waals surface area contributed by atoms with Gasteiger partial charge in [-0.25, -0.2) is 0 Å². The minimum atomic E-state index is 0.413. The number of anilines is 1. The minimum Gasteiger partial charge on any atom is -0.455 e. The number of thiocarbonyl (C=S) groups is 1. The molecule has 0 aliphatic rings. The van der Waals surface area contributed by atoms with E-state index in [4.69, 9.17) is 16.6 Å². The van der Waals surface area contributed by atoms with Crippen molar-refractivity contribution in [2.75, 3.05) is 5.32 Å². The molecule has 0 bridgehead atoms. The van der Waals surface area contributed by atoms with Crippen molar-refractivity contribution in [2.45, 2.75) is 6.92 Å². The van der Waals surface area contributed by atoms with E-state index >= 15 is 0 Å². The van der Waals surface area contributed by atoms with Crippen molar-refractivity contribution in [3.05, 3.63) is 76.5 Å². The zero-order valence-electron chi connectivity index (χ0n) is 13.5. The number of nitrogens with zero attached hydrogens (tertiary/aromatic N) is 1. The maximum absolute atomic E-state index is 5.81. The number of halogens is 1. The van der Waals surface area contributed by atoms with Crippen molar-refractivity contribution >= 4 is 45.2 Å². The van der Waals surface area contributed by atoms with Gasteiger partial charge >= 0.3 is 0 Å². The van der Waals surface area contributed by atoms with Crippen LogP contribution >= 0.6 is 28.1 Å². The highest BCUT2D eigenvalue weighted by molar-refractivity contribution is 9.10. The first kappa shape index (κ1) is 17.4. The van der Waals surface area contributed by atoms with E-state index in [9.17, 15) is 0 Å². The zero-order valence-corrected chi connectivity index (χ0v) is 15.9. The first-order valence-corrected chi connectivity index (χ1v) is 8.83. The number of furan rings is 1. The topological polar surface area (TPSA) is 49.6 Å². The number of hydrogen-bond acceptors (Lipinski definition) is 3. The van der Waals surface area contributed by atoms with E-state index in [-0.39, 0.29) is 0 Å². The molecule has 0 fully saturated rings. The van der Waals surface area contributed by atoms with E-state index in [2.05, 4.69) is 37.8 Å². The summed E-state index contributed by atoms with van der Waals surface area (Å²) in [5.41, 5.74) is 5.86. The monoisotopic (exact) mass is 413 g/mol. The van der Waals surface area contributed by atoms with Gasteiger partial charge in [0.05, 0.1) is 6.21 Å². The molecular formula is C19H16BrN3OS. The van der Waals surface area contributed by atoms with Crippen molar-refractivity contribution < 1.29 is 4.42 Å². The van der Waals surface area contributed by atoms with Gasteiger partial charge in [-0.15, -0.1) is 0 Å². The van der Waals surface area contributed by atoms with Crippen molar-refractivity contribution in [1.29, 1.82) is 0 Å². The molecule has 126 valence electrons. The number of hydrazone groups is 1. The summed E-state index contributed by atoms with van der Waals surface area (Å²) in [6.45, 7) is 2.05. The highest BCUT2D eigenvalue weighted by Gasteiger charge is 2.07. The van der Waals surface area contributed by atoms with Gasteiger partial charge in [0.25, 0.3) is 0 Å². The van der Waals surface area contributed by atoms with Crippen molar-refractivity contribution in [2.24, 2.45) is 5.10 Å².